The van der Waals surface area contributed by atoms with Crippen LogP contribution in [-0.2, 0) is 17.6 Å². The van der Waals surface area contributed by atoms with E-state index in [1.165, 1.54) is 22.8 Å². The maximum Gasteiger partial charge on any atom is 0.159 e. The number of hydrogen-bond acceptors (Lipinski definition) is 1. The van der Waals surface area contributed by atoms with Gasteiger partial charge in [-0.05, 0) is 53.8 Å². The molecule has 0 heterocycles. The van der Waals surface area contributed by atoms with Gasteiger partial charge in [0.25, 0.3) is 0 Å². The quantitative estimate of drug-likeness (QED) is 0.737. The Morgan fingerprint density at radius 3 is 2.45 bits per heavy atom. The van der Waals surface area contributed by atoms with E-state index in [0.29, 0.717) is 6.42 Å². The lowest BCUT2D eigenvalue weighted by molar-refractivity contribution is -0.114. The fourth-order valence-corrected chi connectivity index (χ4v) is 2.25. The third kappa shape index (κ3) is 3.82. The Bertz CT molecular complexity index is 626. The van der Waals surface area contributed by atoms with Gasteiger partial charge in [0, 0.05) is 11.4 Å². The second kappa shape index (κ2) is 6.53. The van der Waals surface area contributed by atoms with Gasteiger partial charge in [-0.25, -0.2) is 0 Å². The molecule has 0 saturated carbocycles. The van der Waals surface area contributed by atoms with Crippen molar-refractivity contribution in [2.45, 2.75) is 19.8 Å². The van der Waals surface area contributed by atoms with Crippen LogP contribution in [0.25, 0.3) is 0 Å². The minimum absolute atomic E-state index is 0.0475. The van der Waals surface area contributed by atoms with Crippen LogP contribution in [0.4, 0.5) is 0 Å². The van der Waals surface area contributed by atoms with Gasteiger partial charge < -0.3 is 0 Å². The summed E-state index contributed by atoms with van der Waals surface area (Å²) in [5, 5.41) is 0.746. The Morgan fingerprint density at radius 2 is 1.80 bits per heavy atom. The summed E-state index contributed by atoms with van der Waals surface area (Å²) in [4.78, 5) is 11.4. The molecule has 102 valence electrons. The Kier molecular flexibility index (Phi) is 4.75. The highest BCUT2D eigenvalue weighted by atomic mass is 35.5. The molecule has 2 aromatic rings. The van der Waals surface area contributed by atoms with Crippen LogP contribution in [0.2, 0.25) is 5.02 Å². The summed E-state index contributed by atoms with van der Waals surface area (Å²) in [7, 11) is 0. The molecular formula is C18H17ClO. The monoisotopic (exact) mass is 284 g/mol. The third-order valence-electron chi connectivity index (χ3n) is 3.33. The molecule has 0 saturated heterocycles. The van der Waals surface area contributed by atoms with Crippen LogP contribution in [0.3, 0.4) is 0 Å². The summed E-state index contributed by atoms with van der Waals surface area (Å²) in [5.74, 6) is 0.0475. The van der Waals surface area contributed by atoms with E-state index >= 15 is 0 Å². The van der Waals surface area contributed by atoms with Crippen LogP contribution in [0.1, 0.15) is 22.3 Å². The molecule has 0 fully saturated rings. The molecule has 2 rings (SSSR count). The van der Waals surface area contributed by atoms with Crippen LogP contribution < -0.4 is 0 Å². The Hall–Kier alpha value is -1.86. The summed E-state index contributed by atoms with van der Waals surface area (Å²) in [6.07, 6.45) is 2.63. The van der Waals surface area contributed by atoms with Crippen LogP contribution in [0, 0.1) is 6.92 Å². The fraction of sp³-hybridized carbons (Fsp3) is 0.167. The smallest absolute Gasteiger partial charge is 0.159 e. The first-order valence-corrected chi connectivity index (χ1v) is 6.94. The Morgan fingerprint density at radius 1 is 1.15 bits per heavy atom. The van der Waals surface area contributed by atoms with E-state index < -0.39 is 0 Å². The van der Waals surface area contributed by atoms with E-state index in [4.69, 9.17) is 11.6 Å². The lowest BCUT2D eigenvalue weighted by atomic mass is 9.96. The number of carbonyl (C=O) groups is 1. The first-order chi connectivity index (χ1) is 9.58. The van der Waals surface area contributed by atoms with Gasteiger partial charge in [-0.15, -0.1) is 0 Å². The molecule has 0 radical (unpaired) electrons. The van der Waals surface area contributed by atoms with Gasteiger partial charge in [0.05, 0.1) is 0 Å². The number of carbonyl (C=O) groups excluding carboxylic acids is 1. The van der Waals surface area contributed by atoms with Crippen LogP contribution in [-0.4, -0.2) is 5.78 Å². The van der Waals surface area contributed by atoms with E-state index in [1.807, 2.05) is 30.3 Å². The molecule has 20 heavy (non-hydrogen) atoms. The lowest BCUT2D eigenvalue weighted by Gasteiger charge is -2.09. The normalized spacial score (nSPS) is 10.3. The van der Waals surface area contributed by atoms with E-state index in [2.05, 4.69) is 25.6 Å². The van der Waals surface area contributed by atoms with Crippen molar-refractivity contribution in [3.05, 3.63) is 82.4 Å². The molecule has 2 aromatic carbocycles. The summed E-state index contributed by atoms with van der Waals surface area (Å²) in [6.45, 7) is 5.60. The van der Waals surface area contributed by atoms with Crippen LogP contribution in [0.15, 0.2) is 55.1 Å². The maximum atomic E-state index is 11.4. The molecular weight excluding hydrogens is 268 g/mol. The number of ketones is 1. The zero-order valence-electron chi connectivity index (χ0n) is 11.5. The predicted molar refractivity (Wildman–Crippen MR) is 84.3 cm³/mol. The molecule has 0 amide bonds. The summed E-state index contributed by atoms with van der Waals surface area (Å²) >= 11 is 5.90. The first kappa shape index (κ1) is 14.5. The first-order valence-electron chi connectivity index (χ1n) is 6.56. The van der Waals surface area contributed by atoms with Gasteiger partial charge in [0.2, 0.25) is 0 Å². The van der Waals surface area contributed by atoms with Crippen molar-refractivity contribution in [2.24, 2.45) is 0 Å². The lowest BCUT2D eigenvalue weighted by Crippen LogP contribution is -2.00. The second-order valence-corrected chi connectivity index (χ2v) is 5.35. The van der Waals surface area contributed by atoms with Gasteiger partial charge in [0.1, 0.15) is 0 Å². The van der Waals surface area contributed by atoms with Crippen LogP contribution >= 0.6 is 11.6 Å². The summed E-state index contributed by atoms with van der Waals surface area (Å²) in [5.41, 5.74) is 4.71. The van der Waals surface area contributed by atoms with Crippen molar-refractivity contribution in [1.29, 1.82) is 0 Å². The highest BCUT2D eigenvalue weighted by molar-refractivity contribution is 6.30. The van der Waals surface area contributed by atoms with E-state index in [1.54, 1.807) is 0 Å². The number of halogens is 1. The molecule has 2 heteroatoms. The second-order valence-electron chi connectivity index (χ2n) is 4.91. The van der Waals surface area contributed by atoms with Gasteiger partial charge in [-0.1, -0.05) is 48.5 Å². The van der Waals surface area contributed by atoms with Crippen molar-refractivity contribution in [1.82, 2.24) is 0 Å². The Balaban J connectivity index is 2.22. The summed E-state index contributed by atoms with van der Waals surface area (Å²) in [6, 6.07) is 14.0. The molecule has 0 bridgehead atoms. The molecule has 0 aromatic heterocycles. The summed E-state index contributed by atoms with van der Waals surface area (Å²) < 4.78 is 0. The van der Waals surface area contributed by atoms with Crippen molar-refractivity contribution in [3.8, 4) is 0 Å². The van der Waals surface area contributed by atoms with E-state index in [0.717, 1.165) is 17.0 Å². The zero-order chi connectivity index (χ0) is 14.5. The number of allylic oxidation sites excluding steroid dienone is 1. The molecule has 0 atom stereocenters. The molecule has 0 N–H and O–H groups in total. The highest BCUT2D eigenvalue weighted by Gasteiger charge is 2.05. The van der Waals surface area contributed by atoms with Crippen molar-refractivity contribution in [2.75, 3.05) is 0 Å². The van der Waals surface area contributed by atoms with Crippen LogP contribution in [0.5, 0.6) is 0 Å². The van der Waals surface area contributed by atoms with E-state index in [-0.39, 0.29) is 5.78 Å². The minimum atomic E-state index is 0.0475. The molecule has 1 nitrogen and oxygen atoms in total. The molecule has 0 aliphatic carbocycles. The highest BCUT2D eigenvalue weighted by Crippen LogP contribution is 2.18. The average molecular weight is 285 g/mol. The number of aryl methyl sites for hydroxylation is 1. The van der Waals surface area contributed by atoms with Crippen molar-refractivity contribution in [3.63, 3.8) is 0 Å². The van der Waals surface area contributed by atoms with Gasteiger partial charge in [-0.3, -0.25) is 4.79 Å². The average Bonchev–Trinajstić information content (AvgIpc) is 2.45. The van der Waals surface area contributed by atoms with Gasteiger partial charge in [0.15, 0.2) is 5.78 Å². The SMILES string of the molecule is C=CC(=O)Cc1ccc(C)c(Cc2ccc(Cl)cc2)c1. The van der Waals surface area contributed by atoms with Gasteiger partial charge in [-0.2, -0.15) is 0 Å². The Labute approximate surface area is 124 Å². The largest absolute Gasteiger partial charge is 0.295 e. The molecule has 0 spiro atoms. The van der Waals surface area contributed by atoms with Crippen molar-refractivity contribution >= 4 is 17.4 Å². The van der Waals surface area contributed by atoms with Gasteiger partial charge >= 0.3 is 0 Å². The third-order valence-corrected chi connectivity index (χ3v) is 3.58. The van der Waals surface area contributed by atoms with Crippen molar-refractivity contribution < 1.29 is 4.79 Å². The standard InChI is InChI=1S/C18H17ClO/c1-3-18(20)12-15-5-4-13(2)16(11-15)10-14-6-8-17(19)9-7-14/h3-9,11H,1,10,12H2,2H3. The topological polar surface area (TPSA) is 17.1 Å². The molecule has 0 aliphatic rings. The number of rotatable bonds is 5. The number of hydrogen-bond donors (Lipinski definition) is 0. The molecule has 0 aliphatic heterocycles. The number of benzene rings is 2. The zero-order valence-corrected chi connectivity index (χ0v) is 12.3. The molecule has 0 unspecified atom stereocenters. The van der Waals surface area contributed by atoms with E-state index in [9.17, 15) is 4.79 Å². The predicted octanol–water partition coefficient (Wildman–Crippen LogP) is 4.54. The minimum Gasteiger partial charge on any atom is -0.295 e. The maximum absolute atomic E-state index is 11.4. The fourth-order valence-electron chi connectivity index (χ4n) is 2.12.